The van der Waals surface area contributed by atoms with E-state index < -0.39 is 0 Å². The van der Waals surface area contributed by atoms with Crippen LogP contribution in [0.1, 0.15) is 27.7 Å². The first-order valence-electron chi connectivity index (χ1n) is 9.46. The third kappa shape index (κ3) is 4.45. The molecule has 1 aliphatic rings. The molecule has 2 aromatic heterocycles. The standard InChI is InChI=1S/C23H19ClN2O3S/c1-14(27)20-7-8-21(30-20)17-5-6-19(24)23-18(17)11-16(29-23)13-26-22(28)9-4-15-3-2-10-25-12-15/h2-10,12,16H,11,13H2,1H3,(H,26,28). The van der Waals surface area contributed by atoms with E-state index in [4.69, 9.17) is 16.3 Å². The number of hydrogen-bond acceptors (Lipinski definition) is 5. The van der Waals surface area contributed by atoms with E-state index in [1.807, 2.05) is 30.3 Å². The normalized spacial score (nSPS) is 15.1. The number of carbonyl (C=O) groups excluding carboxylic acids is 2. The van der Waals surface area contributed by atoms with Crippen LogP contribution in [0.3, 0.4) is 0 Å². The fourth-order valence-corrected chi connectivity index (χ4v) is 4.48. The summed E-state index contributed by atoms with van der Waals surface area (Å²) < 4.78 is 6.02. The van der Waals surface area contributed by atoms with Gasteiger partial charge < -0.3 is 10.1 Å². The van der Waals surface area contributed by atoms with Crippen LogP contribution in [-0.4, -0.2) is 29.3 Å². The van der Waals surface area contributed by atoms with Gasteiger partial charge in [-0.1, -0.05) is 23.7 Å². The highest BCUT2D eigenvalue weighted by Crippen LogP contribution is 2.43. The van der Waals surface area contributed by atoms with E-state index in [0.29, 0.717) is 23.7 Å². The smallest absolute Gasteiger partial charge is 0.244 e. The lowest BCUT2D eigenvalue weighted by molar-refractivity contribution is -0.116. The molecule has 1 aromatic carbocycles. The molecule has 3 heterocycles. The predicted octanol–water partition coefficient (Wildman–Crippen LogP) is 4.80. The van der Waals surface area contributed by atoms with Crippen LogP contribution < -0.4 is 10.1 Å². The Bertz CT molecular complexity index is 1120. The first kappa shape index (κ1) is 20.3. The molecule has 30 heavy (non-hydrogen) atoms. The summed E-state index contributed by atoms with van der Waals surface area (Å²) in [6.07, 6.45) is 6.99. The number of rotatable bonds is 6. The number of amides is 1. The van der Waals surface area contributed by atoms with Gasteiger partial charge in [-0.25, -0.2) is 0 Å². The summed E-state index contributed by atoms with van der Waals surface area (Å²) in [5.74, 6) is 0.499. The Morgan fingerprint density at radius 2 is 2.17 bits per heavy atom. The SMILES string of the molecule is CC(=O)c1ccc(-c2ccc(Cl)c3c2CC(CNC(=O)C=Cc2cccnc2)O3)s1. The fourth-order valence-electron chi connectivity index (χ4n) is 3.30. The lowest BCUT2D eigenvalue weighted by Gasteiger charge is -2.11. The molecule has 0 saturated heterocycles. The number of Topliss-reactive ketones (excluding diaryl/α,β-unsaturated/α-hetero) is 1. The molecule has 1 aliphatic heterocycles. The molecule has 1 atom stereocenters. The van der Waals surface area contributed by atoms with E-state index in [1.165, 1.54) is 17.4 Å². The number of fused-ring (bicyclic) bond motifs is 1. The van der Waals surface area contributed by atoms with Crippen molar-refractivity contribution in [3.63, 3.8) is 0 Å². The summed E-state index contributed by atoms with van der Waals surface area (Å²) in [5, 5.41) is 3.42. The predicted molar refractivity (Wildman–Crippen MR) is 119 cm³/mol. The maximum Gasteiger partial charge on any atom is 0.244 e. The summed E-state index contributed by atoms with van der Waals surface area (Å²) in [5.41, 5.74) is 2.87. The second-order valence-electron chi connectivity index (χ2n) is 6.93. The molecule has 0 radical (unpaired) electrons. The first-order valence-corrected chi connectivity index (χ1v) is 10.7. The highest BCUT2D eigenvalue weighted by atomic mass is 35.5. The van der Waals surface area contributed by atoms with Gasteiger partial charge in [0.2, 0.25) is 5.91 Å². The molecule has 3 aromatic rings. The van der Waals surface area contributed by atoms with Gasteiger partial charge in [-0.3, -0.25) is 14.6 Å². The van der Waals surface area contributed by atoms with Gasteiger partial charge >= 0.3 is 0 Å². The van der Waals surface area contributed by atoms with Crippen molar-refractivity contribution in [3.8, 4) is 16.2 Å². The highest BCUT2D eigenvalue weighted by Gasteiger charge is 2.28. The summed E-state index contributed by atoms with van der Waals surface area (Å²) in [6.45, 7) is 1.93. The summed E-state index contributed by atoms with van der Waals surface area (Å²) >= 11 is 7.81. The van der Waals surface area contributed by atoms with Crippen molar-refractivity contribution in [1.82, 2.24) is 10.3 Å². The third-order valence-electron chi connectivity index (χ3n) is 4.76. The van der Waals surface area contributed by atoms with Crippen molar-refractivity contribution in [2.75, 3.05) is 6.54 Å². The van der Waals surface area contributed by atoms with Crippen LogP contribution in [-0.2, 0) is 11.2 Å². The van der Waals surface area contributed by atoms with Crippen LogP contribution >= 0.6 is 22.9 Å². The second-order valence-corrected chi connectivity index (χ2v) is 8.42. The van der Waals surface area contributed by atoms with E-state index >= 15 is 0 Å². The highest BCUT2D eigenvalue weighted by molar-refractivity contribution is 7.17. The molecule has 0 saturated carbocycles. The number of hydrogen-bond donors (Lipinski definition) is 1. The Hall–Kier alpha value is -2.96. The van der Waals surface area contributed by atoms with Crippen LogP contribution in [0.4, 0.5) is 0 Å². The van der Waals surface area contributed by atoms with E-state index in [-0.39, 0.29) is 17.8 Å². The monoisotopic (exact) mass is 438 g/mol. The first-order chi connectivity index (χ1) is 14.5. The molecule has 4 rings (SSSR count). The average molecular weight is 439 g/mol. The van der Waals surface area contributed by atoms with Crippen molar-refractivity contribution in [3.05, 3.63) is 75.9 Å². The molecule has 0 spiro atoms. The van der Waals surface area contributed by atoms with Gasteiger partial charge in [0.15, 0.2) is 5.78 Å². The number of thiophene rings is 1. The molecule has 5 nitrogen and oxygen atoms in total. The summed E-state index contributed by atoms with van der Waals surface area (Å²) in [6, 6.07) is 11.2. The van der Waals surface area contributed by atoms with Crippen LogP contribution in [0, 0.1) is 0 Å². The zero-order valence-electron chi connectivity index (χ0n) is 16.2. The molecule has 7 heteroatoms. The van der Waals surface area contributed by atoms with Crippen molar-refractivity contribution in [2.45, 2.75) is 19.4 Å². The zero-order chi connectivity index (χ0) is 21.1. The van der Waals surface area contributed by atoms with Crippen LogP contribution in [0.2, 0.25) is 5.02 Å². The Morgan fingerprint density at radius 1 is 1.30 bits per heavy atom. The number of nitrogens with one attached hydrogen (secondary N) is 1. The second kappa shape index (κ2) is 8.81. The van der Waals surface area contributed by atoms with Crippen molar-refractivity contribution < 1.29 is 14.3 Å². The number of benzene rings is 1. The maximum absolute atomic E-state index is 12.1. The molecule has 152 valence electrons. The van der Waals surface area contributed by atoms with Crippen LogP contribution in [0.5, 0.6) is 5.75 Å². The van der Waals surface area contributed by atoms with Crippen molar-refractivity contribution in [2.24, 2.45) is 0 Å². The minimum Gasteiger partial charge on any atom is -0.486 e. The lowest BCUT2D eigenvalue weighted by Crippen LogP contribution is -2.33. The molecule has 0 bridgehead atoms. The van der Waals surface area contributed by atoms with E-state index in [9.17, 15) is 9.59 Å². The van der Waals surface area contributed by atoms with Gasteiger partial charge in [0.1, 0.15) is 11.9 Å². The molecule has 1 N–H and O–H groups in total. The number of nitrogens with zero attached hydrogens (tertiary/aromatic N) is 1. The number of carbonyl (C=O) groups is 2. The lowest BCUT2D eigenvalue weighted by atomic mass is 10.0. The molecular weight excluding hydrogens is 420 g/mol. The van der Waals surface area contributed by atoms with Gasteiger partial charge in [-0.2, -0.15) is 0 Å². The topological polar surface area (TPSA) is 68.3 Å². The van der Waals surface area contributed by atoms with Crippen LogP contribution in [0.15, 0.2) is 54.9 Å². The Labute approximate surface area is 183 Å². The molecule has 1 unspecified atom stereocenters. The van der Waals surface area contributed by atoms with Gasteiger partial charge in [0.25, 0.3) is 0 Å². The van der Waals surface area contributed by atoms with Crippen molar-refractivity contribution >= 4 is 40.7 Å². The van der Waals surface area contributed by atoms with E-state index in [2.05, 4.69) is 10.3 Å². The minimum atomic E-state index is -0.207. The van der Waals surface area contributed by atoms with Crippen molar-refractivity contribution in [1.29, 1.82) is 0 Å². The summed E-state index contributed by atoms with van der Waals surface area (Å²) in [7, 11) is 0. The third-order valence-corrected chi connectivity index (χ3v) is 6.28. The zero-order valence-corrected chi connectivity index (χ0v) is 17.8. The number of ether oxygens (including phenoxy) is 1. The quantitative estimate of drug-likeness (QED) is 0.443. The van der Waals surface area contributed by atoms with Crippen LogP contribution in [0.25, 0.3) is 16.5 Å². The number of halogens is 1. The Balaban J connectivity index is 1.43. The van der Waals surface area contributed by atoms with E-state index in [1.54, 1.807) is 31.5 Å². The molecular formula is C23H19ClN2O3S. The minimum absolute atomic E-state index is 0.0491. The fraction of sp³-hybridized carbons (Fsp3) is 0.174. The van der Waals surface area contributed by atoms with Gasteiger partial charge in [-0.15, -0.1) is 11.3 Å². The molecule has 1 amide bonds. The number of pyridine rings is 1. The Morgan fingerprint density at radius 3 is 2.90 bits per heavy atom. The molecule has 0 fully saturated rings. The van der Waals surface area contributed by atoms with Gasteiger partial charge in [0, 0.05) is 35.3 Å². The van der Waals surface area contributed by atoms with Gasteiger partial charge in [0.05, 0.1) is 16.4 Å². The molecule has 0 aliphatic carbocycles. The largest absolute Gasteiger partial charge is 0.486 e. The van der Waals surface area contributed by atoms with Gasteiger partial charge in [-0.05, 0) is 48.4 Å². The average Bonchev–Trinajstić information content (AvgIpc) is 3.40. The summed E-state index contributed by atoms with van der Waals surface area (Å²) in [4.78, 5) is 29.5. The number of ketones is 1. The maximum atomic E-state index is 12.1. The van der Waals surface area contributed by atoms with E-state index in [0.717, 1.165) is 26.4 Å². The number of aromatic nitrogens is 1. The Kier molecular flexibility index (Phi) is 5.97.